The molecule has 62 valence electrons. The second kappa shape index (κ2) is 4.76. The van der Waals surface area contributed by atoms with E-state index in [0.29, 0.717) is 0 Å². The van der Waals surface area contributed by atoms with Crippen LogP contribution in [0.3, 0.4) is 0 Å². The van der Waals surface area contributed by atoms with Crippen molar-refractivity contribution in [2.24, 2.45) is 11.8 Å². The van der Waals surface area contributed by atoms with Crippen LogP contribution in [0.25, 0.3) is 0 Å². The summed E-state index contributed by atoms with van der Waals surface area (Å²) in [5, 5.41) is 0. The van der Waals surface area contributed by atoms with E-state index in [0.717, 1.165) is 11.8 Å². The van der Waals surface area contributed by atoms with Crippen LogP contribution in [0.2, 0.25) is 0 Å². The number of hydrogen-bond donors (Lipinski definition) is 0. The van der Waals surface area contributed by atoms with E-state index in [1.807, 2.05) is 0 Å². The van der Waals surface area contributed by atoms with Crippen LogP contribution in [-0.2, 0) is 0 Å². The van der Waals surface area contributed by atoms with Gasteiger partial charge in [-0.15, -0.1) is 0 Å². The Kier molecular flexibility index (Phi) is 4.76. The van der Waals surface area contributed by atoms with Crippen LogP contribution in [0.1, 0.15) is 53.4 Å². The van der Waals surface area contributed by atoms with Gasteiger partial charge in [0.05, 0.1) is 0 Å². The van der Waals surface area contributed by atoms with E-state index >= 15 is 0 Å². The average molecular weight is 142 g/mol. The standard InChI is InChI=1S/C9H18.CH4/c1-3-9-7-5-4-6-8(9)2;/h8-9H,3-7H2,1-2H3;1H4. The molecule has 10 heavy (non-hydrogen) atoms. The molecule has 0 aromatic carbocycles. The van der Waals surface area contributed by atoms with Gasteiger partial charge in [0.15, 0.2) is 0 Å². The van der Waals surface area contributed by atoms with Crippen molar-refractivity contribution < 1.29 is 0 Å². The molecule has 0 nitrogen and oxygen atoms in total. The van der Waals surface area contributed by atoms with Gasteiger partial charge < -0.3 is 0 Å². The molecule has 0 heterocycles. The molecule has 0 aliphatic heterocycles. The van der Waals surface area contributed by atoms with Gasteiger partial charge in [-0.3, -0.25) is 0 Å². The monoisotopic (exact) mass is 142 g/mol. The van der Waals surface area contributed by atoms with Gasteiger partial charge in [0.25, 0.3) is 0 Å². The molecule has 1 saturated carbocycles. The van der Waals surface area contributed by atoms with Crippen molar-refractivity contribution >= 4 is 0 Å². The minimum absolute atomic E-state index is 0. The number of rotatable bonds is 1. The normalized spacial score (nSPS) is 33.0. The largest absolute Gasteiger partial charge is 0.0776 e. The molecule has 0 bridgehead atoms. The molecule has 0 saturated heterocycles. The van der Waals surface area contributed by atoms with Gasteiger partial charge in [-0.05, 0) is 11.8 Å². The first-order valence-corrected chi connectivity index (χ1v) is 4.34. The Bertz CT molecular complexity index is 76.1. The Morgan fingerprint density at radius 1 is 1.20 bits per heavy atom. The molecule has 0 aromatic rings. The maximum atomic E-state index is 2.41. The zero-order valence-electron chi connectivity index (χ0n) is 6.69. The molecular formula is C10H22. The number of hydrogen-bond acceptors (Lipinski definition) is 0. The summed E-state index contributed by atoms with van der Waals surface area (Å²) in [7, 11) is 0. The van der Waals surface area contributed by atoms with E-state index in [4.69, 9.17) is 0 Å². The van der Waals surface area contributed by atoms with Crippen LogP contribution in [0.5, 0.6) is 0 Å². The summed E-state index contributed by atoms with van der Waals surface area (Å²) in [5.74, 6) is 2.07. The Hall–Kier alpha value is 0. The van der Waals surface area contributed by atoms with Crippen molar-refractivity contribution in [3.63, 3.8) is 0 Å². The molecular weight excluding hydrogens is 120 g/mol. The van der Waals surface area contributed by atoms with Crippen molar-refractivity contribution in [3.05, 3.63) is 0 Å². The third kappa shape index (κ3) is 2.32. The Morgan fingerprint density at radius 2 is 1.80 bits per heavy atom. The van der Waals surface area contributed by atoms with Crippen molar-refractivity contribution in [2.75, 3.05) is 0 Å². The zero-order chi connectivity index (χ0) is 6.69. The van der Waals surface area contributed by atoms with E-state index in [1.54, 1.807) is 0 Å². The van der Waals surface area contributed by atoms with Crippen molar-refractivity contribution in [2.45, 2.75) is 53.4 Å². The smallest absolute Gasteiger partial charge is 0.0391 e. The first-order chi connectivity index (χ1) is 4.34. The molecule has 0 amide bonds. The van der Waals surface area contributed by atoms with Crippen molar-refractivity contribution in [3.8, 4) is 0 Å². The van der Waals surface area contributed by atoms with Crippen LogP contribution >= 0.6 is 0 Å². The first-order valence-electron chi connectivity index (χ1n) is 4.34. The molecule has 1 aliphatic carbocycles. The lowest BCUT2D eigenvalue weighted by Crippen LogP contribution is -2.15. The molecule has 1 rings (SSSR count). The second-order valence-electron chi connectivity index (χ2n) is 3.43. The summed E-state index contributed by atoms with van der Waals surface area (Å²) >= 11 is 0. The summed E-state index contributed by atoms with van der Waals surface area (Å²) in [5.41, 5.74) is 0. The Balaban J connectivity index is 0.000000810. The topological polar surface area (TPSA) is 0 Å². The van der Waals surface area contributed by atoms with E-state index in [2.05, 4.69) is 13.8 Å². The highest BCUT2D eigenvalue weighted by Crippen LogP contribution is 2.31. The quantitative estimate of drug-likeness (QED) is 0.521. The van der Waals surface area contributed by atoms with Crippen molar-refractivity contribution in [1.29, 1.82) is 0 Å². The van der Waals surface area contributed by atoms with E-state index < -0.39 is 0 Å². The Morgan fingerprint density at radius 3 is 2.20 bits per heavy atom. The summed E-state index contributed by atoms with van der Waals surface area (Å²) in [6, 6.07) is 0. The van der Waals surface area contributed by atoms with Crippen LogP contribution < -0.4 is 0 Å². The minimum Gasteiger partial charge on any atom is -0.0776 e. The van der Waals surface area contributed by atoms with Crippen LogP contribution in [0, 0.1) is 11.8 Å². The molecule has 0 spiro atoms. The highest BCUT2D eigenvalue weighted by molar-refractivity contribution is 4.70. The Labute approximate surface area is 66.0 Å². The fraction of sp³-hybridized carbons (Fsp3) is 1.00. The second-order valence-corrected chi connectivity index (χ2v) is 3.43. The van der Waals surface area contributed by atoms with Gasteiger partial charge >= 0.3 is 0 Å². The minimum atomic E-state index is 0. The van der Waals surface area contributed by atoms with Crippen LogP contribution in [0.15, 0.2) is 0 Å². The summed E-state index contributed by atoms with van der Waals surface area (Å²) < 4.78 is 0. The molecule has 1 aliphatic rings. The van der Waals surface area contributed by atoms with Crippen LogP contribution in [0.4, 0.5) is 0 Å². The fourth-order valence-corrected chi connectivity index (χ4v) is 2.00. The highest BCUT2D eigenvalue weighted by Gasteiger charge is 2.18. The van der Waals surface area contributed by atoms with Gasteiger partial charge in [0, 0.05) is 0 Å². The summed E-state index contributed by atoms with van der Waals surface area (Å²) in [6.07, 6.45) is 7.36. The zero-order valence-corrected chi connectivity index (χ0v) is 6.69. The lowest BCUT2D eigenvalue weighted by Gasteiger charge is -2.27. The fourth-order valence-electron chi connectivity index (χ4n) is 2.00. The maximum absolute atomic E-state index is 2.41. The van der Waals surface area contributed by atoms with Crippen molar-refractivity contribution in [1.82, 2.24) is 0 Å². The predicted molar refractivity (Wildman–Crippen MR) is 48.1 cm³/mol. The van der Waals surface area contributed by atoms with Crippen LogP contribution in [-0.4, -0.2) is 0 Å². The van der Waals surface area contributed by atoms with E-state index in [9.17, 15) is 0 Å². The van der Waals surface area contributed by atoms with Gasteiger partial charge in [0.1, 0.15) is 0 Å². The van der Waals surface area contributed by atoms with E-state index in [-0.39, 0.29) is 7.43 Å². The lowest BCUT2D eigenvalue weighted by molar-refractivity contribution is 0.249. The van der Waals surface area contributed by atoms with E-state index in [1.165, 1.54) is 32.1 Å². The average Bonchev–Trinajstić information content (AvgIpc) is 1.89. The molecule has 0 aromatic heterocycles. The molecule has 2 atom stereocenters. The third-order valence-corrected chi connectivity index (χ3v) is 2.81. The van der Waals surface area contributed by atoms with Gasteiger partial charge in [-0.25, -0.2) is 0 Å². The van der Waals surface area contributed by atoms with Gasteiger partial charge in [-0.2, -0.15) is 0 Å². The molecule has 2 unspecified atom stereocenters. The molecule has 1 fully saturated rings. The molecule has 0 heteroatoms. The molecule has 0 N–H and O–H groups in total. The molecule has 0 radical (unpaired) electrons. The predicted octanol–water partition coefficient (Wildman–Crippen LogP) is 3.86. The summed E-state index contributed by atoms with van der Waals surface area (Å²) in [4.78, 5) is 0. The third-order valence-electron chi connectivity index (χ3n) is 2.81. The SMILES string of the molecule is C.CCC1CCCCC1C. The highest BCUT2D eigenvalue weighted by atomic mass is 14.2. The van der Waals surface area contributed by atoms with Gasteiger partial charge in [-0.1, -0.05) is 53.4 Å². The maximum Gasteiger partial charge on any atom is -0.0391 e. The first kappa shape index (κ1) is 10.0. The van der Waals surface area contributed by atoms with Gasteiger partial charge in [0.2, 0.25) is 0 Å². The summed E-state index contributed by atoms with van der Waals surface area (Å²) in [6.45, 7) is 4.74. The lowest BCUT2D eigenvalue weighted by atomic mass is 9.79.